The zero-order chi connectivity index (χ0) is 14.5. The van der Waals surface area contributed by atoms with Crippen LogP contribution in [-0.2, 0) is 4.74 Å². The monoisotopic (exact) mass is 273 g/mol. The number of nitrogens with zero attached hydrogens (tertiary/aromatic N) is 1. The van der Waals surface area contributed by atoms with Gasteiger partial charge in [0.15, 0.2) is 5.82 Å². The van der Waals surface area contributed by atoms with Gasteiger partial charge in [0, 0.05) is 11.6 Å². The molecule has 0 saturated heterocycles. The number of aromatic nitrogens is 2. The van der Waals surface area contributed by atoms with Crippen molar-refractivity contribution in [2.45, 2.75) is 13.8 Å². The molecule has 0 radical (unpaired) electrons. The zero-order valence-electron chi connectivity index (χ0n) is 11.3. The van der Waals surface area contributed by atoms with Gasteiger partial charge in [0.2, 0.25) is 0 Å². The topological polar surface area (TPSA) is 84.1 Å². The van der Waals surface area contributed by atoms with Gasteiger partial charge in [0.1, 0.15) is 5.69 Å². The van der Waals surface area contributed by atoms with Crippen LogP contribution in [0.3, 0.4) is 0 Å². The number of aromatic amines is 1. The summed E-state index contributed by atoms with van der Waals surface area (Å²) in [5.41, 5.74) is 1.80. The maximum atomic E-state index is 11.9. The van der Waals surface area contributed by atoms with E-state index in [9.17, 15) is 9.59 Å². The number of hydrogen-bond donors (Lipinski definition) is 2. The average Bonchev–Trinajstić information content (AvgIpc) is 2.88. The first-order chi connectivity index (χ1) is 9.60. The number of ether oxygens (including phenoxy) is 1. The molecule has 1 aromatic carbocycles. The second-order valence-electron chi connectivity index (χ2n) is 4.21. The average molecular weight is 273 g/mol. The molecule has 1 amide bonds. The fourth-order valence-electron chi connectivity index (χ4n) is 1.59. The number of benzene rings is 1. The number of anilines is 1. The van der Waals surface area contributed by atoms with Gasteiger partial charge in [-0.2, -0.15) is 5.10 Å². The smallest absolute Gasteiger partial charge is 0.356 e. The number of esters is 1. The number of nitrogens with one attached hydrogen (secondary N) is 2. The number of amides is 1. The summed E-state index contributed by atoms with van der Waals surface area (Å²) in [5.74, 6) is -0.513. The fraction of sp³-hybridized carbons (Fsp3) is 0.214. The second-order valence-corrected chi connectivity index (χ2v) is 4.21. The van der Waals surface area contributed by atoms with E-state index in [0.29, 0.717) is 5.56 Å². The Bertz CT molecular complexity index is 617. The van der Waals surface area contributed by atoms with Crippen molar-refractivity contribution in [2.24, 2.45) is 0 Å². The number of aryl methyl sites for hydroxylation is 1. The maximum Gasteiger partial charge on any atom is 0.356 e. The molecular weight excluding hydrogens is 258 g/mol. The molecule has 1 heterocycles. The van der Waals surface area contributed by atoms with Gasteiger partial charge in [-0.25, -0.2) is 4.79 Å². The first-order valence-electron chi connectivity index (χ1n) is 6.20. The largest absolute Gasteiger partial charge is 0.461 e. The first-order valence-corrected chi connectivity index (χ1v) is 6.20. The van der Waals surface area contributed by atoms with E-state index in [1.54, 1.807) is 19.1 Å². The molecule has 0 aliphatic rings. The lowest BCUT2D eigenvalue weighted by Gasteiger charge is -2.01. The van der Waals surface area contributed by atoms with Crippen LogP contribution in [0.4, 0.5) is 5.82 Å². The lowest BCUT2D eigenvalue weighted by atomic mass is 10.1. The molecule has 0 fully saturated rings. The van der Waals surface area contributed by atoms with Crippen molar-refractivity contribution < 1.29 is 14.3 Å². The SMILES string of the molecule is CCOC(=O)c1cc(NC(=O)c2ccc(C)cc2)n[nH]1. The van der Waals surface area contributed by atoms with Crippen molar-refractivity contribution in [2.75, 3.05) is 11.9 Å². The van der Waals surface area contributed by atoms with Gasteiger partial charge in [-0.05, 0) is 26.0 Å². The molecule has 2 rings (SSSR count). The van der Waals surface area contributed by atoms with Gasteiger partial charge in [-0.3, -0.25) is 9.89 Å². The summed E-state index contributed by atoms with van der Waals surface area (Å²) in [6, 6.07) is 8.59. The van der Waals surface area contributed by atoms with Crippen LogP contribution in [0.5, 0.6) is 0 Å². The van der Waals surface area contributed by atoms with Gasteiger partial charge >= 0.3 is 5.97 Å². The van der Waals surface area contributed by atoms with Gasteiger partial charge in [-0.1, -0.05) is 17.7 Å². The minimum atomic E-state index is -0.504. The van der Waals surface area contributed by atoms with Crippen LogP contribution >= 0.6 is 0 Å². The van der Waals surface area contributed by atoms with Gasteiger partial charge in [0.05, 0.1) is 6.61 Å². The van der Waals surface area contributed by atoms with E-state index >= 15 is 0 Å². The highest BCUT2D eigenvalue weighted by Gasteiger charge is 2.13. The Morgan fingerprint density at radius 1 is 1.30 bits per heavy atom. The van der Waals surface area contributed by atoms with Crippen LogP contribution in [0.1, 0.15) is 33.3 Å². The standard InChI is InChI=1S/C14H15N3O3/c1-3-20-14(19)11-8-12(17-16-11)15-13(18)10-6-4-9(2)5-7-10/h4-8H,3H2,1-2H3,(H2,15,16,17,18). The maximum absolute atomic E-state index is 11.9. The summed E-state index contributed by atoms with van der Waals surface area (Å²) in [6.45, 7) is 3.94. The molecule has 0 bridgehead atoms. The summed E-state index contributed by atoms with van der Waals surface area (Å²) in [6.07, 6.45) is 0. The molecule has 0 aliphatic heterocycles. The molecule has 0 aliphatic carbocycles. The van der Waals surface area contributed by atoms with E-state index in [0.717, 1.165) is 5.56 Å². The molecule has 0 unspecified atom stereocenters. The second kappa shape index (κ2) is 6.01. The highest BCUT2D eigenvalue weighted by Crippen LogP contribution is 2.10. The van der Waals surface area contributed by atoms with E-state index in [-0.39, 0.29) is 24.0 Å². The fourth-order valence-corrected chi connectivity index (χ4v) is 1.59. The Balaban J connectivity index is 2.05. The Morgan fingerprint density at radius 3 is 2.65 bits per heavy atom. The van der Waals surface area contributed by atoms with Crippen molar-refractivity contribution in [1.82, 2.24) is 10.2 Å². The summed E-state index contributed by atoms with van der Waals surface area (Å²) in [7, 11) is 0. The highest BCUT2D eigenvalue weighted by molar-refractivity contribution is 6.04. The summed E-state index contributed by atoms with van der Waals surface area (Å²) in [5, 5.41) is 8.97. The number of rotatable bonds is 4. The van der Waals surface area contributed by atoms with Crippen LogP contribution in [-0.4, -0.2) is 28.7 Å². The van der Waals surface area contributed by atoms with E-state index in [1.807, 2.05) is 19.1 Å². The summed E-state index contributed by atoms with van der Waals surface area (Å²) >= 11 is 0. The molecule has 0 spiro atoms. The normalized spacial score (nSPS) is 10.1. The Kier molecular flexibility index (Phi) is 4.14. The van der Waals surface area contributed by atoms with Crippen molar-refractivity contribution in [3.8, 4) is 0 Å². The third-order valence-corrected chi connectivity index (χ3v) is 2.63. The van der Waals surface area contributed by atoms with E-state index in [2.05, 4.69) is 15.5 Å². The van der Waals surface area contributed by atoms with E-state index in [4.69, 9.17) is 4.74 Å². The van der Waals surface area contributed by atoms with Crippen LogP contribution in [0.25, 0.3) is 0 Å². The number of carbonyl (C=O) groups is 2. The van der Waals surface area contributed by atoms with Crippen molar-refractivity contribution in [3.63, 3.8) is 0 Å². The lowest BCUT2D eigenvalue weighted by molar-refractivity contribution is 0.0519. The van der Waals surface area contributed by atoms with Gasteiger partial charge in [-0.15, -0.1) is 0 Å². The number of H-pyrrole nitrogens is 1. The number of hydrogen-bond acceptors (Lipinski definition) is 4. The lowest BCUT2D eigenvalue weighted by Crippen LogP contribution is -2.12. The Labute approximate surface area is 116 Å². The van der Waals surface area contributed by atoms with Crippen LogP contribution in [0.15, 0.2) is 30.3 Å². The molecule has 2 aromatic rings. The van der Waals surface area contributed by atoms with Crippen LogP contribution in [0.2, 0.25) is 0 Å². The van der Waals surface area contributed by atoms with Crippen molar-refractivity contribution in [1.29, 1.82) is 0 Å². The molecular formula is C14H15N3O3. The molecule has 20 heavy (non-hydrogen) atoms. The van der Waals surface area contributed by atoms with Gasteiger partial charge < -0.3 is 10.1 Å². The minimum Gasteiger partial charge on any atom is -0.461 e. The minimum absolute atomic E-state index is 0.200. The predicted molar refractivity (Wildman–Crippen MR) is 73.7 cm³/mol. The predicted octanol–water partition coefficient (Wildman–Crippen LogP) is 2.15. The third kappa shape index (κ3) is 3.23. The van der Waals surface area contributed by atoms with E-state index in [1.165, 1.54) is 6.07 Å². The molecule has 0 saturated carbocycles. The first kappa shape index (κ1) is 13.8. The Morgan fingerprint density at radius 2 is 2.00 bits per heavy atom. The van der Waals surface area contributed by atoms with Crippen LogP contribution in [0, 0.1) is 6.92 Å². The molecule has 0 atom stereocenters. The third-order valence-electron chi connectivity index (χ3n) is 2.63. The van der Waals surface area contributed by atoms with Crippen LogP contribution < -0.4 is 5.32 Å². The number of carbonyl (C=O) groups excluding carboxylic acids is 2. The summed E-state index contributed by atoms with van der Waals surface area (Å²) in [4.78, 5) is 23.4. The van der Waals surface area contributed by atoms with Crippen molar-refractivity contribution >= 4 is 17.7 Å². The highest BCUT2D eigenvalue weighted by atomic mass is 16.5. The Hall–Kier alpha value is -2.63. The van der Waals surface area contributed by atoms with E-state index < -0.39 is 5.97 Å². The quantitative estimate of drug-likeness (QED) is 0.836. The van der Waals surface area contributed by atoms with Gasteiger partial charge in [0.25, 0.3) is 5.91 Å². The molecule has 2 N–H and O–H groups in total. The molecule has 6 nitrogen and oxygen atoms in total. The molecule has 104 valence electrons. The van der Waals surface area contributed by atoms with Crippen molar-refractivity contribution in [3.05, 3.63) is 47.2 Å². The molecule has 1 aromatic heterocycles. The molecule has 6 heteroatoms. The zero-order valence-corrected chi connectivity index (χ0v) is 11.3. The summed E-state index contributed by atoms with van der Waals surface area (Å²) < 4.78 is 4.82.